The summed E-state index contributed by atoms with van der Waals surface area (Å²) in [6, 6.07) is 10.8. The second-order valence-electron chi connectivity index (χ2n) is 9.01. The van der Waals surface area contributed by atoms with Gasteiger partial charge >= 0.3 is 0 Å². The monoisotopic (exact) mass is 381 g/mol. The summed E-state index contributed by atoms with van der Waals surface area (Å²) >= 11 is 0. The predicted molar refractivity (Wildman–Crippen MR) is 109 cm³/mol. The molecule has 2 aromatic rings. The zero-order chi connectivity index (χ0) is 19.7. The van der Waals surface area contributed by atoms with Crippen molar-refractivity contribution in [2.75, 3.05) is 26.2 Å². The van der Waals surface area contributed by atoms with Crippen molar-refractivity contribution in [2.24, 2.45) is 5.41 Å². The van der Waals surface area contributed by atoms with Crippen molar-refractivity contribution in [2.45, 2.75) is 52.5 Å². The number of amides is 1. The first kappa shape index (κ1) is 19.2. The van der Waals surface area contributed by atoms with Gasteiger partial charge in [-0.25, -0.2) is 0 Å². The first-order valence-electron chi connectivity index (χ1n) is 10.5. The number of likely N-dealkylation sites (tertiary alicyclic amines) is 2. The van der Waals surface area contributed by atoms with E-state index in [9.17, 15) is 4.79 Å². The lowest BCUT2D eigenvalue weighted by atomic mass is 9.79. The number of hydrogen-bond donors (Lipinski definition) is 0. The summed E-state index contributed by atoms with van der Waals surface area (Å²) in [6.45, 7) is 11.2. The van der Waals surface area contributed by atoms with Gasteiger partial charge in [0.1, 0.15) is 5.76 Å². The van der Waals surface area contributed by atoms with Crippen LogP contribution in [0.1, 0.15) is 66.4 Å². The average Bonchev–Trinajstić information content (AvgIpc) is 3.28. The van der Waals surface area contributed by atoms with Gasteiger partial charge in [-0.2, -0.15) is 0 Å². The molecular weight excluding hydrogens is 350 g/mol. The molecule has 1 aromatic heterocycles. The van der Waals surface area contributed by atoms with E-state index in [2.05, 4.69) is 48.2 Å². The van der Waals surface area contributed by atoms with Crippen LogP contribution in [0.3, 0.4) is 0 Å². The lowest BCUT2D eigenvalue weighted by Crippen LogP contribution is -2.45. The van der Waals surface area contributed by atoms with Crippen LogP contribution in [0.25, 0.3) is 0 Å². The van der Waals surface area contributed by atoms with E-state index >= 15 is 0 Å². The van der Waals surface area contributed by atoms with Crippen LogP contribution >= 0.6 is 0 Å². The first-order chi connectivity index (χ1) is 13.4. The fourth-order valence-electron chi connectivity index (χ4n) is 4.78. The first-order valence-corrected chi connectivity index (χ1v) is 10.5. The number of rotatable bonds is 4. The maximum Gasteiger partial charge on any atom is 0.276 e. The largest absolute Gasteiger partial charge is 0.361 e. The molecule has 150 valence electrons. The van der Waals surface area contributed by atoms with Crippen LogP contribution in [0.5, 0.6) is 0 Å². The zero-order valence-electron chi connectivity index (χ0n) is 17.3. The minimum atomic E-state index is 0.00937. The Bertz CT molecular complexity index is 827. The molecule has 1 atom stereocenters. The Labute approximate surface area is 167 Å². The second kappa shape index (κ2) is 7.70. The lowest BCUT2D eigenvalue weighted by molar-refractivity contribution is 0.0667. The van der Waals surface area contributed by atoms with Gasteiger partial charge in [0.15, 0.2) is 5.69 Å². The van der Waals surface area contributed by atoms with Crippen LogP contribution in [-0.2, 0) is 6.54 Å². The highest BCUT2D eigenvalue weighted by molar-refractivity contribution is 5.92. The Balaban J connectivity index is 1.38. The van der Waals surface area contributed by atoms with Gasteiger partial charge in [0, 0.05) is 37.7 Å². The Morgan fingerprint density at radius 3 is 2.64 bits per heavy atom. The predicted octanol–water partition coefficient (Wildman–Crippen LogP) is 4.23. The molecule has 0 bridgehead atoms. The van der Waals surface area contributed by atoms with Crippen molar-refractivity contribution in [3.8, 4) is 0 Å². The van der Waals surface area contributed by atoms with Crippen LogP contribution in [0.15, 0.2) is 34.9 Å². The van der Waals surface area contributed by atoms with E-state index in [1.54, 1.807) is 6.07 Å². The van der Waals surface area contributed by atoms with Crippen molar-refractivity contribution in [1.82, 2.24) is 15.0 Å². The van der Waals surface area contributed by atoms with Gasteiger partial charge in [-0.1, -0.05) is 43.3 Å². The third-order valence-corrected chi connectivity index (χ3v) is 6.37. The van der Waals surface area contributed by atoms with Crippen molar-refractivity contribution in [3.63, 3.8) is 0 Å². The fraction of sp³-hybridized carbons (Fsp3) is 0.565. The van der Waals surface area contributed by atoms with Gasteiger partial charge in [0.05, 0.1) is 0 Å². The summed E-state index contributed by atoms with van der Waals surface area (Å²) in [5.41, 5.74) is 3.44. The highest BCUT2D eigenvalue weighted by atomic mass is 16.5. The molecule has 0 unspecified atom stereocenters. The van der Waals surface area contributed by atoms with E-state index in [0.29, 0.717) is 17.4 Å². The molecule has 4 rings (SSSR count). The number of carbonyl (C=O) groups excluding carboxylic acids is 1. The van der Waals surface area contributed by atoms with Gasteiger partial charge in [-0.05, 0) is 49.8 Å². The Morgan fingerprint density at radius 2 is 1.96 bits per heavy atom. The molecule has 0 radical (unpaired) electrons. The van der Waals surface area contributed by atoms with Crippen molar-refractivity contribution in [1.29, 1.82) is 0 Å². The minimum Gasteiger partial charge on any atom is -0.361 e. The summed E-state index contributed by atoms with van der Waals surface area (Å²) in [5.74, 6) is 1.27. The molecule has 5 heteroatoms. The fourth-order valence-corrected chi connectivity index (χ4v) is 4.78. The van der Waals surface area contributed by atoms with E-state index in [1.807, 2.05) is 11.8 Å². The van der Waals surface area contributed by atoms with E-state index in [4.69, 9.17) is 4.52 Å². The molecule has 1 amide bonds. The van der Waals surface area contributed by atoms with Crippen molar-refractivity contribution < 1.29 is 9.32 Å². The summed E-state index contributed by atoms with van der Waals surface area (Å²) < 4.78 is 5.08. The molecule has 0 saturated carbocycles. The smallest absolute Gasteiger partial charge is 0.276 e. The molecular formula is C23H31N3O2. The number of nitrogens with zero attached hydrogens (tertiary/aromatic N) is 3. The molecule has 28 heavy (non-hydrogen) atoms. The minimum absolute atomic E-state index is 0.00937. The number of benzene rings is 1. The summed E-state index contributed by atoms with van der Waals surface area (Å²) in [5, 5.41) is 3.91. The van der Waals surface area contributed by atoms with Gasteiger partial charge < -0.3 is 9.42 Å². The maximum absolute atomic E-state index is 12.7. The third kappa shape index (κ3) is 4.00. The lowest BCUT2D eigenvalue weighted by Gasteiger charge is -2.40. The molecule has 5 nitrogen and oxygen atoms in total. The quantitative estimate of drug-likeness (QED) is 0.795. The normalized spacial score (nSPS) is 23.1. The number of aryl methyl sites for hydroxylation is 1. The van der Waals surface area contributed by atoms with Gasteiger partial charge in [-0.3, -0.25) is 9.69 Å². The molecule has 1 spiro atoms. The highest BCUT2D eigenvalue weighted by Gasteiger charge is 2.43. The van der Waals surface area contributed by atoms with Gasteiger partial charge in [0.25, 0.3) is 5.91 Å². The van der Waals surface area contributed by atoms with Crippen molar-refractivity contribution in [3.05, 3.63) is 52.9 Å². The number of piperidine rings is 1. The van der Waals surface area contributed by atoms with Crippen LogP contribution < -0.4 is 0 Å². The summed E-state index contributed by atoms with van der Waals surface area (Å²) in [6.07, 6.45) is 3.49. The van der Waals surface area contributed by atoms with Crippen LogP contribution in [0, 0.1) is 12.3 Å². The Kier molecular flexibility index (Phi) is 5.28. The second-order valence-corrected chi connectivity index (χ2v) is 9.01. The molecule has 2 aliphatic heterocycles. The maximum atomic E-state index is 12.7. The molecule has 2 fully saturated rings. The number of hydrogen-bond acceptors (Lipinski definition) is 4. The van der Waals surface area contributed by atoms with Crippen LogP contribution in [0.4, 0.5) is 0 Å². The van der Waals surface area contributed by atoms with Gasteiger partial charge in [0.2, 0.25) is 0 Å². The SMILES string of the molecule is Cc1cc(C(=O)N2CC[C@]3(CCCN(Cc4ccc(C(C)C)cc4)C3)C2)no1. The number of aromatic nitrogens is 1. The zero-order valence-corrected chi connectivity index (χ0v) is 17.3. The number of carbonyl (C=O) groups is 1. The van der Waals surface area contributed by atoms with Gasteiger partial charge in [-0.15, -0.1) is 0 Å². The van der Waals surface area contributed by atoms with E-state index < -0.39 is 0 Å². The van der Waals surface area contributed by atoms with Crippen molar-refractivity contribution >= 4 is 5.91 Å². The van der Waals surface area contributed by atoms with Crippen LogP contribution in [0.2, 0.25) is 0 Å². The summed E-state index contributed by atoms with van der Waals surface area (Å²) in [7, 11) is 0. The Hall–Kier alpha value is -2.14. The molecule has 2 aliphatic rings. The summed E-state index contributed by atoms with van der Waals surface area (Å²) in [4.78, 5) is 17.3. The van der Waals surface area contributed by atoms with E-state index in [-0.39, 0.29) is 11.3 Å². The van der Waals surface area contributed by atoms with Crippen LogP contribution in [-0.4, -0.2) is 47.0 Å². The standard InChI is InChI=1S/C23H31N3O2/c1-17(2)20-7-5-19(6-8-20)14-25-11-4-9-23(15-25)10-12-26(16-23)22(27)21-13-18(3)28-24-21/h5-8,13,17H,4,9-12,14-16H2,1-3H3/t23-/m0/s1. The topological polar surface area (TPSA) is 49.6 Å². The Morgan fingerprint density at radius 1 is 1.18 bits per heavy atom. The molecule has 0 aliphatic carbocycles. The van der Waals surface area contributed by atoms with E-state index in [1.165, 1.54) is 24.0 Å². The molecule has 2 saturated heterocycles. The average molecular weight is 382 g/mol. The highest BCUT2D eigenvalue weighted by Crippen LogP contribution is 2.39. The third-order valence-electron chi connectivity index (χ3n) is 6.37. The van der Waals surface area contributed by atoms with E-state index in [0.717, 1.165) is 39.1 Å². The molecule has 0 N–H and O–H groups in total. The molecule has 3 heterocycles. The molecule has 1 aromatic carbocycles.